The Balaban J connectivity index is 1.68. The minimum absolute atomic E-state index is 0.0681. The molecule has 0 aromatic carbocycles. The van der Waals surface area contributed by atoms with E-state index < -0.39 is 0 Å². The van der Waals surface area contributed by atoms with Crippen molar-refractivity contribution < 1.29 is 9.53 Å². The third-order valence-electron chi connectivity index (χ3n) is 4.06. The maximum Gasteiger partial charge on any atom is 0.272 e. The largest absolute Gasteiger partial charge is 0.375 e. The molecule has 0 bridgehead atoms. The van der Waals surface area contributed by atoms with Crippen LogP contribution in [0.25, 0.3) is 0 Å². The zero-order chi connectivity index (χ0) is 17.3. The van der Waals surface area contributed by atoms with Crippen molar-refractivity contribution in [2.75, 3.05) is 19.0 Å². The molecule has 1 aliphatic heterocycles. The Morgan fingerprint density at radius 2 is 2.08 bits per heavy atom. The Morgan fingerprint density at radius 3 is 2.75 bits per heavy atom. The summed E-state index contributed by atoms with van der Waals surface area (Å²) in [6, 6.07) is 0. The summed E-state index contributed by atoms with van der Waals surface area (Å²) in [5.74, 6) is 0.331. The summed E-state index contributed by atoms with van der Waals surface area (Å²) in [6.07, 6.45) is 4.11. The van der Waals surface area contributed by atoms with Gasteiger partial charge < -0.3 is 15.0 Å². The SMILES string of the molecule is C[C@@H]1Cc2c(C(=O)NCc3ncc(N(C)C)cn3)n[nH]c2[C@H](C)O1. The van der Waals surface area contributed by atoms with Crippen LogP contribution < -0.4 is 10.2 Å². The first-order valence-corrected chi connectivity index (χ1v) is 7.94. The molecule has 2 aromatic rings. The van der Waals surface area contributed by atoms with E-state index in [0.29, 0.717) is 17.9 Å². The van der Waals surface area contributed by atoms with Gasteiger partial charge in [0.2, 0.25) is 0 Å². The molecule has 0 fully saturated rings. The predicted octanol–water partition coefficient (Wildman–Crippen LogP) is 1.22. The maximum absolute atomic E-state index is 12.4. The molecule has 2 aromatic heterocycles. The minimum Gasteiger partial charge on any atom is -0.375 e. The Labute approximate surface area is 140 Å². The van der Waals surface area contributed by atoms with Gasteiger partial charge in [0.1, 0.15) is 5.82 Å². The summed E-state index contributed by atoms with van der Waals surface area (Å²) in [5.41, 5.74) is 3.15. The molecule has 24 heavy (non-hydrogen) atoms. The van der Waals surface area contributed by atoms with Gasteiger partial charge in [-0.05, 0) is 13.8 Å². The number of amides is 1. The highest BCUT2D eigenvalue weighted by atomic mass is 16.5. The van der Waals surface area contributed by atoms with Crippen LogP contribution >= 0.6 is 0 Å². The van der Waals surface area contributed by atoms with Crippen molar-refractivity contribution in [3.8, 4) is 0 Å². The third-order valence-corrected chi connectivity index (χ3v) is 4.06. The fraction of sp³-hybridized carbons (Fsp3) is 0.500. The number of anilines is 1. The predicted molar refractivity (Wildman–Crippen MR) is 88.8 cm³/mol. The number of hydrogen-bond acceptors (Lipinski definition) is 6. The number of nitrogens with one attached hydrogen (secondary N) is 2. The van der Waals surface area contributed by atoms with Gasteiger partial charge in [-0.2, -0.15) is 5.10 Å². The van der Waals surface area contributed by atoms with Gasteiger partial charge >= 0.3 is 0 Å². The normalized spacial score (nSPS) is 19.7. The molecule has 0 radical (unpaired) electrons. The highest BCUT2D eigenvalue weighted by molar-refractivity contribution is 5.94. The number of H-pyrrole nitrogens is 1. The highest BCUT2D eigenvalue weighted by Crippen LogP contribution is 2.29. The lowest BCUT2D eigenvalue weighted by atomic mass is 9.99. The number of carbonyl (C=O) groups excluding carboxylic acids is 1. The Kier molecular flexibility index (Phi) is 4.48. The molecule has 0 saturated heterocycles. The smallest absolute Gasteiger partial charge is 0.272 e. The molecule has 3 heterocycles. The Morgan fingerprint density at radius 1 is 1.38 bits per heavy atom. The second-order valence-electron chi connectivity index (χ2n) is 6.19. The molecule has 2 N–H and O–H groups in total. The first-order chi connectivity index (χ1) is 11.5. The first-order valence-electron chi connectivity index (χ1n) is 7.94. The summed E-state index contributed by atoms with van der Waals surface area (Å²) in [6.45, 7) is 4.21. The number of ether oxygens (including phenoxy) is 1. The third kappa shape index (κ3) is 3.23. The van der Waals surface area contributed by atoms with Crippen LogP contribution in [0, 0.1) is 0 Å². The molecule has 2 atom stereocenters. The molecule has 1 amide bonds. The van der Waals surface area contributed by atoms with E-state index in [2.05, 4.69) is 25.5 Å². The number of aromatic nitrogens is 4. The van der Waals surface area contributed by atoms with Crippen molar-refractivity contribution in [3.63, 3.8) is 0 Å². The van der Waals surface area contributed by atoms with Crippen molar-refractivity contribution >= 4 is 11.6 Å². The second kappa shape index (κ2) is 6.56. The van der Waals surface area contributed by atoms with Gasteiger partial charge in [0.15, 0.2) is 5.69 Å². The Hall–Kier alpha value is -2.48. The van der Waals surface area contributed by atoms with Gasteiger partial charge in [0.25, 0.3) is 5.91 Å². The summed E-state index contributed by atoms with van der Waals surface area (Å²) >= 11 is 0. The van der Waals surface area contributed by atoms with Crippen molar-refractivity contribution in [2.24, 2.45) is 0 Å². The molecule has 0 unspecified atom stereocenters. The summed E-state index contributed by atoms with van der Waals surface area (Å²) in [4.78, 5) is 22.9. The minimum atomic E-state index is -0.228. The van der Waals surface area contributed by atoms with Crippen LogP contribution in [0.3, 0.4) is 0 Å². The van der Waals surface area contributed by atoms with E-state index in [1.807, 2.05) is 32.8 Å². The van der Waals surface area contributed by atoms with Crippen molar-refractivity contribution in [3.05, 3.63) is 35.2 Å². The Bertz CT molecular complexity index is 725. The molecular formula is C16H22N6O2. The van der Waals surface area contributed by atoms with Crippen molar-refractivity contribution in [1.82, 2.24) is 25.5 Å². The number of rotatable bonds is 4. The zero-order valence-electron chi connectivity index (χ0n) is 14.3. The van der Waals surface area contributed by atoms with Gasteiger partial charge in [0, 0.05) is 26.1 Å². The monoisotopic (exact) mass is 330 g/mol. The van der Waals surface area contributed by atoms with Gasteiger partial charge in [-0.25, -0.2) is 9.97 Å². The van der Waals surface area contributed by atoms with Crippen LogP contribution in [0.15, 0.2) is 12.4 Å². The van der Waals surface area contributed by atoms with Gasteiger partial charge in [-0.15, -0.1) is 0 Å². The quantitative estimate of drug-likeness (QED) is 0.875. The van der Waals surface area contributed by atoms with Crippen LogP contribution in [-0.4, -0.2) is 46.3 Å². The zero-order valence-corrected chi connectivity index (χ0v) is 14.3. The number of fused-ring (bicyclic) bond motifs is 1. The van der Waals surface area contributed by atoms with Crippen molar-refractivity contribution in [2.45, 2.75) is 39.0 Å². The number of aromatic amines is 1. The van der Waals surface area contributed by atoms with Crippen LogP contribution in [0.4, 0.5) is 5.69 Å². The first kappa shape index (κ1) is 16.4. The molecule has 0 aliphatic carbocycles. The molecule has 8 nitrogen and oxygen atoms in total. The van der Waals surface area contributed by atoms with E-state index in [1.165, 1.54) is 0 Å². The van der Waals surface area contributed by atoms with Crippen molar-refractivity contribution in [1.29, 1.82) is 0 Å². The van der Waals surface area contributed by atoms with Gasteiger partial charge in [-0.3, -0.25) is 9.89 Å². The van der Waals surface area contributed by atoms with E-state index >= 15 is 0 Å². The average molecular weight is 330 g/mol. The number of carbonyl (C=O) groups is 1. The van der Waals surface area contributed by atoms with Crippen LogP contribution in [0.1, 0.15) is 47.5 Å². The van der Waals surface area contributed by atoms with Crippen LogP contribution in [-0.2, 0) is 17.7 Å². The topological polar surface area (TPSA) is 96.0 Å². The summed E-state index contributed by atoms with van der Waals surface area (Å²) < 4.78 is 5.74. The fourth-order valence-electron chi connectivity index (χ4n) is 2.77. The second-order valence-corrected chi connectivity index (χ2v) is 6.19. The lowest BCUT2D eigenvalue weighted by Crippen LogP contribution is -2.28. The van der Waals surface area contributed by atoms with E-state index in [0.717, 1.165) is 16.9 Å². The standard InChI is InChI=1S/C16H22N6O2/c1-9-5-12-14(10(2)24-9)20-21-15(12)16(23)19-8-13-17-6-11(7-18-13)22(3)4/h6-7,9-10H,5,8H2,1-4H3,(H,19,23)(H,20,21)/t9-,10+/m1/s1. The van der Waals surface area contributed by atoms with Gasteiger partial charge in [-0.1, -0.05) is 0 Å². The molecular weight excluding hydrogens is 308 g/mol. The van der Waals surface area contributed by atoms with E-state index in [9.17, 15) is 4.79 Å². The summed E-state index contributed by atoms with van der Waals surface area (Å²) in [7, 11) is 3.85. The number of hydrogen-bond donors (Lipinski definition) is 2. The average Bonchev–Trinajstić information content (AvgIpc) is 2.97. The lowest BCUT2D eigenvalue weighted by Gasteiger charge is -2.25. The summed E-state index contributed by atoms with van der Waals surface area (Å²) in [5, 5.41) is 9.92. The lowest BCUT2D eigenvalue weighted by molar-refractivity contribution is -0.00697. The maximum atomic E-state index is 12.4. The molecule has 3 rings (SSSR count). The molecule has 128 valence electrons. The van der Waals surface area contributed by atoms with E-state index in [1.54, 1.807) is 12.4 Å². The van der Waals surface area contributed by atoms with Gasteiger partial charge in [0.05, 0.1) is 42.5 Å². The molecule has 8 heteroatoms. The number of nitrogens with zero attached hydrogens (tertiary/aromatic N) is 4. The van der Waals surface area contributed by atoms with Crippen LogP contribution in [0.2, 0.25) is 0 Å². The van der Waals surface area contributed by atoms with E-state index in [-0.39, 0.29) is 24.7 Å². The highest BCUT2D eigenvalue weighted by Gasteiger charge is 2.29. The molecule has 0 saturated carbocycles. The van der Waals surface area contributed by atoms with E-state index in [4.69, 9.17) is 4.74 Å². The van der Waals surface area contributed by atoms with Crippen LogP contribution in [0.5, 0.6) is 0 Å². The molecule has 0 spiro atoms. The fourth-order valence-corrected chi connectivity index (χ4v) is 2.77. The molecule has 1 aliphatic rings.